The van der Waals surface area contributed by atoms with Crippen molar-refractivity contribution >= 4 is 5.78 Å². The van der Waals surface area contributed by atoms with Crippen LogP contribution in [-0.2, 0) is 0 Å². The summed E-state index contributed by atoms with van der Waals surface area (Å²) in [5.74, 6) is -0.207. The van der Waals surface area contributed by atoms with Gasteiger partial charge in [0.1, 0.15) is 5.69 Å². The normalized spacial score (nSPS) is 9.70. The second-order valence-electron chi connectivity index (χ2n) is 1.91. The van der Waals surface area contributed by atoms with Crippen LogP contribution in [0.1, 0.15) is 23.8 Å². The average molecular weight is 140 g/mol. The smallest absolute Gasteiger partial charge is 0.184 e. The molecule has 0 spiro atoms. The largest absolute Gasteiger partial charge is 0.504 e. The fraction of sp³-hybridized carbons (Fsp3) is 0.333. The number of hydrogen-bond acceptors (Lipinski definition) is 3. The number of carbonyl (C=O) groups is 1. The number of H-pyrrole nitrogens is 1. The fourth-order valence-electron chi connectivity index (χ4n) is 0.662. The quantitative estimate of drug-likeness (QED) is 0.594. The van der Waals surface area contributed by atoms with Crippen LogP contribution in [0.25, 0.3) is 0 Å². The second kappa shape index (κ2) is 2.51. The van der Waals surface area contributed by atoms with Gasteiger partial charge in [-0.2, -0.15) is 5.10 Å². The van der Waals surface area contributed by atoms with E-state index in [2.05, 4.69) is 10.2 Å². The Labute approximate surface area is 57.9 Å². The molecule has 0 radical (unpaired) electrons. The van der Waals surface area contributed by atoms with Gasteiger partial charge in [0.25, 0.3) is 0 Å². The Hall–Kier alpha value is -1.32. The van der Waals surface area contributed by atoms with Crippen molar-refractivity contribution in [3.8, 4) is 5.75 Å². The maximum atomic E-state index is 10.9. The lowest BCUT2D eigenvalue weighted by molar-refractivity contribution is 0.0981. The highest BCUT2D eigenvalue weighted by Crippen LogP contribution is 2.13. The van der Waals surface area contributed by atoms with Crippen molar-refractivity contribution in [3.05, 3.63) is 11.9 Å². The lowest BCUT2D eigenvalue weighted by Gasteiger charge is -1.90. The highest BCUT2D eigenvalue weighted by Gasteiger charge is 2.09. The van der Waals surface area contributed by atoms with Gasteiger partial charge in [-0.1, -0.05) is 6.92 Å². The van der Waals surface area contributed by atoms with E-state index in [4.69, 9.17) is 5.11 Å². The predicted molar refractivity (Wildman–Crippen MR) is 34.9 cm³/mol. The van der Waals surface area contributed by atoms with Gasteiger partial charge >= 0.3 is 0 Å². The highest BCUT2D eigenvalue weighted by atomic mass is 16.3. The summed E-state index contributed by atoms with van der Waals surface area (Å²) in [4.78, 5) is 10.9. The highest BCUT2D eigenvalue weighted by molar-refractivity contribution is 5.96. The summed E-state index contributed by atoms with van der Waals surface area (Å²) < 4.78 is 0. The summed E-state index contributed by atoms with van der Waals surface area (Å²) in [7, 11) is 0. The summed E-state index contributed by atoms with van der Waals surface area (Å²) in [6.07, 6.45) is 1.58. The SMILES string of the molecule is CCC(=O)c1[nH]ncc1O. The molecule has 2 N–H and O–H groups in total. The van der Waals surface area contributed by atoms with E-state index >= 15 is 0 Å². The lowest BCUT2D eigenvalue weighted by Crippen LogP contribution is -1.96. The van der Waals surface area contributed by atoms with Gasteiger partial charge in [-0.05, 0) is 0 Å². The number of aromatic hydroxyl groups is 1. The molecule has 0 bridgehead atoms. The van der Waals surface area contributed by atoms with Gasteiger partial charge in [0.2, 0.25) is 0 Å². The van der Waals surface area contributed by atoms with Gasteiger partial charge in [0.05, 0.1) is 6.20 Å². The molecule has 0 saturated heterocycles. The Kier molecular flexibility index (Phi) is 1.71. The molecule has 0 aliphatic rings. The van der Waals surface area contributed by atoms with Crippen LogP contribution in [0.15, 0.2) is 6.20 Å². The molecule has 0 aliphatic heterocycles. The van der Waals surface area contributed by atoms with E-state index in [1.54, 1.807) is 6.92 Å². The zero-order chi connectivity index (χ0) is 7.56. The van der Waals surface area contributed by atoms with Crippen LogP contribution in [0.3, 0.4) is 0 Å². The van der Waals surface area contributed by atoms with E-state index in [1.165, 1.54) is 6.20 Å². The van der Waals surface area contributed by atoms with E-state index in [0.29, 0.717) is 6.42 Å². The van der Waals surface area contributed by atoms with Crippen molar-refractivity contribution in [2.24, 2.45) is 0 Å². The molecule has 1 aromatic rings. The summed E-state index contributed by atoms with van der Waals surface area (Å²) in [5, 5.41) is 14.8. The van der Waals surface area contributed by atoms with Crippen molar-refractivity contribution in [3.63, 3.8) is 0 Å². The topological polar surface area (TPSA) is 66.0 Å². The third-order valence-corrected chi connectivity index (χ3v) is 1.22. The standard InChI is InChI=1S/C6H8N2O2/c1-2-4(9)6-5(10)3-7-8-6/h3,10H,2H2,1H3,(H,7,8). The number of nitrogens with one attached hydrogen (secondary N) is 1. The van der Waals surface area contributed by atoms with Crippen molar-refractivity contribution in [2.45, 2.75) is 13.3 Å². The molecule has 0 fully saturated rings. The van der Waals surface area contributed by atoms with Gasteiger partial charge in [0, 0.05) is 6.42 Å². The van der Waals surface area contributed by atoms with Gasteiger partial charge in [-0.15, -0.1) is 0 Å². The molecule has 1 rings (SSSR count). The van der Waals surface area contributed by atoms with E-state index < -0.39 is 0 Å². The third kappa shape index (κ3) is 1.00. The Morgan fingerprint density at radius 2 is 2.60 bits per heavy atom. The van der Waals surface area contributed by atoms with E-state index in [9.17, 15) is 4.79 Å². The molecule has 0 unspecified atom stereocenters. The van der Waals surface area contributed by atoms with Crippen LogP contribution < -0.4 is 0 Å². The van der Waals surface area contributed by atoms with Crippen LogP contribution in [0, 0.1) is 0 Å². The number of aromatic amines is 1. The number of rotatable bonds is 2. The van der Waals surface area contributed by atoms with Crippen molar-refractivity contribution in [1.29, 1.82) is 0 Å². The Morgan fingerprint density at radius 3 is 3.00 bits per heavy atom. The predicted octanol–water partition coefficient (Wildman–Crippen LogP) is 0.708. The van der Waals surface area contributed by atoms with Crippen LogP contribution in [-0.4, -0.2) is 21.1 Å². The van der Waals surface area contributed by atoms with Gasteiger partial charge in [-0.25, -0.2) is 0 Å². The molecule has 10 heavy (non-hydrogen) atoms. The van der Waals surface area contributed by atoms with Crippen molar-refractivity contribution in [2.75, 3.05) is 0 Å². The molecule has 1 heterocycles. The molecule has 0 saturated carbocycles. The number of nitrogens with zero attached hydrogens (tertiary/aromatic N) is 1. The molecule has 0 aromatic carbocycles. The molecule has 0 aliphatic carbocycles. The molecule has 0 atom stereocenters. The van der Waals surface area contributed by atoms with Gasteiger partial charge in [-0.3, -0.25) is 9.89 Å². The minimum atomic E-state index is -0.130. The average Bonchev–Trinajstić information content (AvgIpc) is 2.34. The Bertz CT molecular complexity index is 242. The summed E-state index contributed by atoms with van der Waals surface area (Å²) in [6.45, 7) is 1.72. The van der Waals surface area contributed by atoms with Crippen molar-refractivity contribution < 1.29 is 9.90 Å². The molecule has 54 valence electrons. The molecule has 0 amide bonds. The van der Waals surface area contributed by atoms with Crippen molar-refractivity contribution in [1.82, 2.24) is 10.2 Å². The molecular weight excluding hydrogens is 132 g/mol. The van der Waals surface area contributed by atoms with Crippen LogP contribution in [0.4, 0.5) is 0 Å². The molecular formula is C6H8N2O2. The van der Waals surface area contributed by atoms with E-state index in [1.807, 2.05) is 0 Å². The first-order chi connectivity index (χ1) is 4.75. The van der Waals surface area contributed by atoms with E-state index in [0.717, 1.165) is 0 Å². The maximum absolute atomic E-state index is 10.9. The number of carbonyl (C=O) groups excluding carboxylic acids is 1. The van der Waals surface area contributed by atoms with Gasteiger partial charge < -0.3 is 5.11 Å². The Balaban J connectivity index is 2.93. The fourth-order valence-corrected chi connectivity index (χ4v) is 0.662. The lowest BCUT2D eigenvalue weighted by atomic mass is 10.2. The van der Waals surface area contributed by atoms with Crippen LogP contribution in [0.5, 0.6) is 5.75 Å². The third-order valence-electron chi connectivity index (χ3n) is 1.22. The monoisotopic (exact) mass is 140 g/mol. The molecule has 4 heteroatoms. The number of aromatic nitrogens is 2. The first-order valence-electron chi connectivity index (χ1n) is 3.01. The first kappa shape index (κ1) is 6.80. The summed E-state index contributed by atoms with van der Waals surface area (Å²) >= 11 is 0. The number of ketones is 1. The van der Waals surface area contributed by atoms with Crippen LogP contribution in [0.2, 0.25) is 0 Å². The minimum absolute atomic E-state index is 0.0770. The van der Waals surface area contributed by atoms with E-state index in [-0.39, 0.29) is 17.2 Å². The first-order valence-corrected chi connectivity index (χ1v) is 3.01. The summed E-state index contributed by atoms with van der Waals surface area (Å²) in [5.41, 5.74) is 0.197. The number of hydrogen-bond donors (Lipinski definition) is 2. The van der Waals surface area contributed by atoms with Gasteiger partial charge in [0.15, 0.2) is 11.5 Å². The van der Waals surface area contributed by atoms with Crippen LogP contribution >= 0.6 is 0 Å². The summed E-state index contributed by atoms with van der Waals surface area (Å²) in [6, 6.07) is 0. The maximum Gasteiger partial charge on any atom is 0.184 e. The zero-order valence-electron chi connectivity index (χ0n) is 5.59. The Morgan fingerprint density at radius 1 is 1.90 bits per heavy atom. The molecule has 4 nitrogen and oxygen atoms in total. The number of Topliss-reactive ketones (excluding diaryl/α,β-unsaturated/α-hetero) is 1. The second-order valence-corrected chi connectivity index (χ2v) is 1.91. The zero-order valence-corrected chi connectivity index (χ0v) is 5.59. The molecule has 1 aromatic heterocycles. The minimum Gasteiger partial charge on any atom is -0.504 e.